The first-order chi connectivity index (χ1) is 10.8. The van der Waals surface area contributed by atoms with Gasteiger partial charge in [-0.25, -0.2) is 4.98 Å². The normalized spacial score (nSPS) is 11.3. The highest BCUT2D eigenvalue weighted by Crippen LogP contribution is 2.29. The SMILES string of the molecule is O=C(COCc1cccc(C(F)(F)F)c1)Nc1ccc(Cl)cn1. The second-order valence-corrected chi connectivity index (χ2v) is 5.04. The fourth-order valence-electron chi connectivity index (χ4n) is 1.73. The minimum Gasteiger partial charge on any atom is -0.367 e. The number of anilines is 1. The van der Waals surface area contributed by atoms with Gasteiger partial charge in [-0.15, -0.1) is 0 Å². The summed E-state index contributed by atoms with van der Waals surface area (Å²) < 4.78 is 42.8. The number of ether oxygens (including phenoxy) is 1. The highest BCUT2D eigenvalue weighted by Gasteiger charge is 2.30. The molecule has 4 nitrogen and oxygen atoms in total. The summed E-state index contributed by atoms with van der Waals surface area (Å²) in [6, 6.07) is 7.83. The lowest BCUT2D eigenvalue weighted by Gasteiger charge is -2.09. The highest BCUT2D eigenvalue weighted by molar-refractivity contribution is 6.30. The molecule has 1 amide bonds. The quantitative estimate of drug-likeness (QED) is 0.894. The van der Waals surface area contributed by atoms with Crippen LogP contribution in [0.5, 0.6) is 0 Å². The molecule has 2 aromatic rings. The Bertz CT molecular complexity index is 675. The van der Waals surface area contributed by atoms with Gasteiger partial charge in [0.15, 0.2) is 0 Å². The molecule has 0 fully saturated rings. The minimum atomic E-state index is -4.41. The molecule has 1 aromatic carbocycles. The lowest BCUT2D eigenvalue weighted by molar-refractivity contribution is -0.137. The van der Waals surface area contributed by atoms with E-state index < -0.39 is 17.6 Å². The van der Waals surface area contributed by atoms with Gasteiger partial charge in [0.25, 0.3) is 5.91 Å². The number of amides is 1. The summed E-state index contributed by atoms with van der Waals surface area (Å²) in [6.07, 6.45) is -3.03. The topological polar surface area (TPSA) is 51.2 Å². The fourth-order valence-corrected chi connectivity index (χ4v) is 1.84. The van der Waals surface area contributed by atoms with Gasteiger partial charge < -0.3 is 10.1 Å². The van der Waals surface area contributed by atoms with Crippen molar-refractivity contribution in [3.8, 4) is 0 Å². The average Bonchev–Trinajstić information content (AvgIpc) is 2.49. The van der Waals surface area contributed by atoms with Crippen LogP contribution in [0.4, 0.5) is 19.0 Å². The van der Waals surface area contributed by atoms with Gasteiger partial charge in [0, 0.05) is 6.20 Å². The van der Waals surface area contributed by atoms with Crippen molar-refractivity contribution in [1.29, 1.82) is 0 Å². The van der Waals surface area contributed by atoms with Crippen LogP contribution < -0.4 is 5.32 Å². The van der Waals surface area contributed by atoms with Gasteiger partial charge in [0.2, 0.25) is 0 Å². The van der Waals surface area contributed by atoms with Gasteiger partial charge in [-0.2, -0.15) is 13.2 Å². The van der Waals surface area contributed by atoms with Gasteiger partial charge in [-0.05, 0) is 29.8 Å². The molecular formula is C15H12ClF3N2O2. The second kappa shape index (κ2) is 7.43. The molecule has 0 atom stereocenters. The number of nitrogens with one attached hydrogen (secondary N) is 1. The second-order valence-electron chi connectivity index (χ2n) is 4.60. The Balaban J connectivity index is 1.82. The molecule has 0 aliphatic carbocycles. The summed E-state index contributed by atoms with van der Waals surface area (Å²) in [5, 5.41) is 2.91. The third kappa shape index (κ3) is 5.54. The molecule has 23 heavy (non-hydrogen) atoms. The Morgan fingerprint density at radius 3 is 2.70 bits per heavy atom. The molecule has 0 spiro atoms. The van der Waals surface area contributed by atoms with Crippen LogP contribution in [0, 0.1) is 0 Å². The summed E-state index contributed by atoms with van der Waals surface area (Å²) in [5.74, 6) is -0.158. The number of hydrogen-bond acceptors (Lipinski definition) is 3. The largest absolute Gasteiger partial charge is 0.416 e. The number of aromatic nitrogens is 1. The van der Waals surface area contributed by atoms with Crippen molar-refractivity contribution >= 4 is 23.3 Å². The van der Waals surface area contributed by atoms with Crippen LogP contribution in [0.25, 0.3) is 0 Å². The van der Waals surface area contributed by atoms with Crippen LogP contribution in [0.15, 0.2) is 42.6 Å². The van der Waals surface area contributed by atoms with Crippen molar-refractivity contribution in [2.75, 3.05) is 11.9 Å². The predicted molar refractivity (Wildman–Crippen MR) is 79.0 cm³/mol. The van der Waals surface area contributed by atoms with E-state index in [1.165, 1.54) is 24.4 Å². The molecule has 2 rings (SSSR count). The maximum Gasteiger partial charge on any atom is 0.416 e. The summed E-state index contributed by atoms with van der Waals surface area (Å²) in [6.45, 7) is -0.411. The van der Waals surface area contributed by atoms with Crippen molar-refractivity contribution in [3.63, 3.8) is 0 Å². The van der Waals surface area contributed by atoms with Crippen LogP contribution in [-0.4, -0.2) is 17.5 Å². The molecule has 0 unspecified atom stereocenters. The van der Waals surface area contributed by atoms with E-state index in [4.69, 9.17) is 16.3 Å². The van der Waals surface area contributed by atoms with Crippen LogP contribution >= 0.6 is 11.6 Å². The number of carbonyl (C=O) groups excluding carboxylic acids is 1. The summed E-state index contributed by atoms with van der Waals surface area (Å²) in [5.41, 5.74) is -0.425. The number of benzene rings is 1. The lowest BCUT2D eigenvalue weighted by Crippen LogP contribution is -2.18. The van der Waals surface area contributed by atoms with Crippen molar-refractivity contribution in [1.82, 2.24) is 4.98 Å². The standard InChI is InChI=1S/C15H12ClF3N2O2/c16-12-4-5-13(20-7-12)21-14(22)9-23-8-10-2-1-3-11(6-10)15(17,18)19/h1-7H,8-9H2,(H,20,21,22). The molecule has 1 N–H and O–H groups in total. The van der Waals surface area contributed by atoms with Gasteiger partial charge in [-0.3, -0.25) is 4.79 Å². The summed E-state index contributed by atoms with van der Waals surface area (Å²) >= 11 is 5.66. The van der Waals surface area contributed by atoms with E-state index in [0.717, 1.165) is 12.1 Å². The first-order valence-corrected chi connectivity index (χ1v) is 6.88. The maximum absolute atomic E-state index is 12.6. The first-order valence-electron chi connectivity index (χ1n) is 6.50. The third-order valence-corrected chi connectivity index (χ3v) is 2.97. The van der Waals surface area contributed by atoms with E-state index in [1.54, 1.807) is 6.07 Å². The molecule has 8 heteroatoms. The van der Waals surface area contributed by atoms with E-state index >= 15 is 0 Å². The van der Waals surface area contributed by atoms with Crippen molar-refractivity contribution in [2.45, 2.75) is 12.8 Å². The fraction of sp³-hybridized carbons (Fsp3) is 0.200. The lowest BCUT2D eigenvalue weighted by atomic mass is 10.1. The maximum atomic E-state index is 12.6. The van der Waals surface area contributed by atoms with Crippen molar-refractivity contribution in [2.24, 2.45) is 0 Å². The molecule has 0 saturated heterocycles. The van der Waals surface area contributed by atoms with Crippen molar-refractivity contribution < 1.29 is 22.7 Å². The van der Waals surface area contributed by atoms with Gasteiger partial charge in [0.05, 0.1) is 17.2 Å². The molecule has 0 aliphatic rings. The van der Waals surface area contributed by atoms with Crippen LogP contribution in [0.1, 0.15) is 11.1 Å². The number of rotatable bonds is 5. The zero-order chi connectivity index (χ0) is 16.9. The molecule has 0 saturated carbocycles. The monoisotopic (exact) mass is 344 g/mol. The van der Waals surface area contributed by atoms with E-state index in [2.05, 4.69) is 10.3 Å². The number of carbonyl (C=O) groups is 1. The van der Waals surface area contributed by atoms with E-state index in [1.807, 2.05) is 0 Å². The molecular weight excluding hydrogens is 333 g/mol. The molecule has 1 heterocycles. The number of halogens is 4. The molecule has 0 aliphatic heterocycles. The number of pyridine rings is 1. The van der Waals surface area contributed by atoms with E-state index in [9.17, 15) is 18.0 Å². The smallest absolute Gasteiger partial charge is 0.367 e. The molecule has 0 radical (unpaired) electrons. The predicted octanol–water partition coefficient (Wildman–Crippen LogP) is 3.91. The summed E-state index contributed by atoms with van der Waals surface area (Å²) in [7, 11) is 0. The van der Waals surface area contributed by atoms with Gasteiger partial charge in [0.1, 0.15) is 12.4 Å². The Hall–Kier alpha value is -2.12. The third-order valence-electron chi connectivity index (χ3n) is 2.75. The van der Waals surface area contributed by atoms with Gasteiger partial charge >= 0.3 is 6.18 Å². The van der Waals surface area contributed by atoms with Crippen LogP contribution in [0.3, 0.4) is 0 Å². The number of nitrogens with zero attached hydrogens (tertiary/aromatic N) is 1. The van der Waals surface area contributed by atoms with Crippen LogP contribution in [-0.2, 0) is 22.3 Å². The van der Waals surface area contributed by atoms with E-state index in [0.29, 0.717) is 16.4 Å². The first kappa shape index (κ1) is 17.2. The zero-order valence-electron chi connectivity index (χ0n) is 11.7. The zero-order valence-corrected chi connectivity index (χ0v) is 12.5. The average molecular weight is 345 g/mol. The molecule has 0 bridgehead atoms. The van der Waals surface area contributed by atoms with Crippen LogP contribution in [0.2, 0.25) is 5.02 Å². The Labute approximate surface area is 135 Å². The highest BCUT2D eigenvalue weighted by atomic mass is 35.5. The molecule has 1 aromatic heterocycles. The number of hydrogen-bond donors (Lipinski definition) is 1. The number of alkyl halides is 3. The summed E-state index contributed by atoms with van der Waals surface area (Å²) in [4.78, 5) is 15.5. The Morgan fingerprint density at radius 1 is 1.26 bits per heavy atom. The molecule has 122 valence electrons. The Kier molecular flexibility index (Phi) is 5.57. The minimum absolute atomic E-state index is 0.106. The Morgan fingerprint density at radius 2 is 2.04 bits per heavy atom. The van der Waals surface area contributed by atoms with E-state index in [-0.39, 0.29) is 13.2 Å². The van der Waals surface area contributed by atoms with Gasteiger partial charge in [-0.1, -0.05) is 23.7 Å². The van der Waals surface area contributed by atoms with Crippen molar-refractivity contribution in [3.05, 3.63) is 58.7 Å².